The number of hydrogen-bond acceptors (Lipinski definition) is 1. The lowest BCUT2D eigenvalue weighted by Crippen LogP contribution is -2.13. The molecule has 0 N–H and O–H groups in total. The Morgan fingerprint density at radius 1 is 1.29 bits per heavy atom. The summed E-state index contributed by atoms with van der Waals surface area (Å²) in [6, 6.07) is 8.16. The van der Waals surface area contributed by atoms with Gasteiger partial charge in [-0.2, -0.15) is 0 Å². The van der Waals surface area contributed by atoms with Crippen LogP contribution in [-0.2, 0) is 4.79 Å². The third kappa shape index (κ3) is 3.67. The van der Waals surface area contributed by atoms with Gasteiger partial charge in [0, 0.05) is 10.4 Å². The Balaban J connectivity index is 1.91. The van der Waals surface area contributed by atoms with Crippen molar-refractivity contribution in [1.82, 2.24) is 0 Å². The van der Waals surface area contributed by atoms with Gasteiger partial charge in [-0.05, 0) is 43.0 Å². The average Bonchev–Trinajstić information content (AvgIpc) is 2.34. The van der Waals surface area contributed by atoms with Gasteiger partial charge >= 0.3 is 0 Å². The standard InChI is InChI=1S/C15H15BrO/c16-14-10-8-12(9-11-14)4-3-6-13-5-1-2-7-15(13)17/h2-4,7-11,13H,1,5-6H2. The van der Waals surface area contributed by atoms with Gasteiger partial charge in [0.05, 0.1) is 0 Å². The lowest BCUT2D eigenvalue weighted by atomic mass is 9.90. The van der Waals surface area contributed by atoms with Crippen LogP contribution in [0.5, 0.6) is 0 Å². The van der Waals surface area contributed by atoms with Crippen LogP contribution < -0.4 is 0 Å². The molecule has 0 bridgehead atoms. The van der Waals surface area contributed by atoms with Crippen molar-refractivity contribution >= 4 is 27.8 Å². The van der Waals surface area contributed by atoms with Crippen LogP contribution in [-0.4, -0.2) is 5.78 Å². The minimum absolute atomic E-state index is 0.187. The second-order valence-electron chi connectivity index (χ2n) is 4.27. The molecule has 1 aromatic carbocycles. The van der Waals surface area contributed by atoms with Crippen LogP contribution in [0.15, 0.2) is 47.0 Å². The molecule has 0 aromatic heterocycles. The van der Waals surface area contributed by atoms with E-state index in [4.69, 9.17) is 0 Å². The number of benzene rings is 1. The fourth-order valence-corrected chi connectivity index (χ4v) is 2.22. The van der Waals surface area contributed by atoms with Gasteiger partial charge in [0.15, 0.2) is 5.78 Å². The maximum absolute atomic E-state index is 11.6. The van der Waals surface area contributed by atoms with E-state index >= 15 is 0 Å². The summed E-state index contributed by atoms with van der Waals surface area (Å²) in [5, 5.41) is 0. The zero-order valence-corrected chi connectivity index (χ0v) is 11.2. The van der Waals surface area contributed by atoms with Gasteiger partial charge in [0.1, 0.15) is 0 Å². The molecular formula is C15H15BrO. The summed E-state index contributed by atoms with van der Waals surface area (Å²) >= 11 is 3.41. The van der Waals surface area contributed by atoms with Crippen LogP contribution in [0.2, 0.25) is 0 Å². The largest absolute Gasteiger partial charge is 0.295 e. The van der Waals surface area contributed by atoms with Crippen molar-refractivity contribution in [3.05, 3.63) is 52.5 Å². The molecule has 2 rings (SSSR count). The number of ketones is 1. The molecule has 0 aliphatic heterocycles. The van der Waals surface area contributed by atoms with Gasteiger partial charge in [-0.25, -0.2) is 0 Å². The molecule has 1 aliphatic rings. The molecular weight excluding hydrogens is 276 g/mol. The van der Waals surface area contributed by atoms with Crippen molar-refractivity contribution in [2.45, 2.75) is 19.3 Å². The smallest absolute Gasteiger partial charge is 0.158 e. The molecule has 0 radical (unpaired) electrons. The molecule has 0 heterocycles. The Labute approximate surface area is 110 Å². The molecule has 2 heteroatoms. The molecule has 0 amide bonds. The Morgan fingerprint density at radius 3 is 2.76 bits per heavy atom. The Morgan fingerprint density at radius 2 is 2.06 bits per heavy atom. The third-order valence-electron chi connectivity index (χ3n) is 2.97. The minimum Gasteiger partial charge on any atom is -0.295 e. The van der Waals surface area contributed by atoms with Crippen molar-refractivity contribution < 1.29 is 4.79 Å². The van der Waals surface area contributed by atoms with Gasteiger partial charge in [-0.3, -0.25) is 4.79 Å². The number of hydrogen-bond donors (Lipinski definition) is 0. The Kier molecular flexibility index (Phi) is 4.32. The van der Waals surface area contributed by atoms with E-state index in [2.05, 4.69) is 40.2 Å². The summed E-state index contributed by atoms with van der Waals surface area (Å²) < 4.78 is 1.09. The van der Waals surface area contributed by atoms with Crippen molar-refractivity contribution in [3.8, 4) is 0 Å². The highest BCUT2D eigenvalue weighted by Crippen LogP contribution is 2.20. The molecule has 1 unspecified atom stereocenters. The van der Waals surface area contributed by atoms with Gasteiger partial charge < -0.3 is 0 Å². The summed E-state index contributed by atoms with van der Waals surface area (Å²) in [6.45, 7) is 0. The van der Waals surface area contributed by atoms with E-state index in [-0.39, 0.29) is 11.7 Å². The normalized spacial score (nSPS) is 20.1. The van der Waals surface area contributed by atoms with E-state index in [1.807, 2.05) is 18.2 Å². The number of rotatable bonds is 3. The van der Waals surface area contributed by atoms with Gasteiger partial charge in [-0.1, -0.05) is 46.3 Å². The monoisotopic (exact) mass is 290 g/mol. The quantitative estimate of drug-likeness (QED) is 0.807. The highest BCUT2D eigenvalue weighted by molar-refractivity contribution is 9.10. The van der Waals surface area contributed by atoms with Crippen molar-refractivity contribution in [3.63, 3.8) is 0 Å². The van der Waals surface area contributed by atoms with Crippen LogP contribution in [0.3, 0.4) is 0 Å². The predicted octanol–water partition coefficient (Wildman–Crippen LogP) is 4.39. The van der Waals surface area contributed by atoms with E-state index in [0.717, 1.165) is 23.7 Å². The Bertz CT molecular complexity index is 442. The number of carbonyl (C=O) groups is 1. The summed E-state index contributed by atoms with van der Waals surface area (Å²) in [7, 11) is 0. The maximum atomic E-state index is 11.6. The van der Waals surface area contributed by atoms with E-state index in [1.165, 1.54) is 5.56 Å². The highest BCUT2D eigenvalue weighted by atomic mass is 79.9. The minimum atomic E-state index is 0.187. The first-order valence-corrected chi connectivity index (χ1v) is 6.67. The zero-order valence-electron chi connectivity index (χ0n) is 9.60. The molecule has 0 saturated heterocycles. The van der Waals surface area contributed by atoms with Crippen LogP contribution >= 0.6 is 15.9 Å². The third-order valence-corrected chi connectivity index (χ3v) is 3.50. The molecule has 0 spiro atoms. The molecule has 0 fully saturated rings. The predicted molar refractivity (Wildman–Crippen MR) is 74.7 cm³/mol. The van der Waals surface area contributed by atoms with E-state index in [0.29, 0.717) is 0 Å². The van der Waals surface area contributed by atoms with Crippen LogP contribution in [0.25, 0.3) is 6.08 Å². The zero-order chi connectivity index (χ0) is 12.1. The SMILES string of the molecule is O=C1C=CCCC1CC=Cc1ccc(Br)cc1. The summed E-state index contributed by atoms with van der Waals surface area (Å²) in [6.07, 6.45) is 10.7. The maximum Gasteiger partial charge on any atom is 0.158 e. The first kappa shape index (κ1) is 12.3. The molecule has 17 heavy (non-hydrogen) atoms. The highest BCUT2D eigenvalue weighted by Gasteiger charge is 2.16. The van der Waals surface area contributed by atoms with Crippen molar-refractivity contribution in [2.75, 3.05) is 0 Å². The second kappa shape index (κ2) is 5.97. The van der Waals surface area contributed by atoms with Crippen LogP contribution in [0, 0.1) is 5.92 Å². The molecule has 1 aromatic rings. The lowest BCUT2D eigenvalue weighted by molar-refractivity contribution is -0.118. The molecule has 1 aliphatic carbocycles. The molecule has 0 saturated carbocycles. The summed E-state index contributed by atoms with van der Waals surface area (Å²) in [4.78, 5) is 11.6. The van der Waals surface area contributed by atoms with E-state index in [1.54, 1.807) is 6.08 Å². The number of carbonyl (C=O) groups excluding carboxylic acids is 1. The average molecular weight is 291 g/mol. The van der Waals surface area contributed by atoms with Gasteiger partial charge in [0.2, 0.25) is 0 Å². The topological polar surface area (TPSA) is 17.1 Å². The van der Waals surface area contributed by atoms with Crippen molar-refractivity contribution in [1.29, 1.82) is 0 Å². The van der Waals surface area contributed by atoms with E-state index < -0.39 is 0 Å². The van der Waals surface area contributed by atoms with Gasteiger partial charge in [-0.15, -0.1) is 0 Å². The Hall–Kier alpha value is -1.15. The van der Waals surface area contributed by atoms with Gasteiger partial charge in [0.25, 0.3) is 0 Å². The first-order chi connectivity index (χ1) is 8.25. The number of halogens is 1. The summed E-state index contributed by atoms with van der Waals surface area (Å²) in [5.74, 6) is 0.461. The molecule has 88 valence electrons. The molecule has 1 nitrogen and oxygen atoms in total. The van der Waals surface area contributed by atoms with Crippen LogP contribution in [0.1, 0.15) is 24.8 Å². The van der Waals surface area contributed by atoms with Crippen molar-refractivity contribution in [2.24, 2.45) is 5.92 Å². The fraction of sp³-hybridized carbons (Fsp3) is 0.267. The first-order valence-electron chi connectivity index (χ1n) is 5.88. The fourth-order valence-electron chi connectivity index (χ4n) is 1.95. The summed E-state index contributed by atoms with van der Waals surface area (Å²) in [5.41, 5.74) is 1.17. The van der Waals surface area contributed by atoms with E-state index in [9.17, 15) is 4.79 Å². The van der Waals surface area contributed by atoms with Crippen LogP contribution in [0.4, 0.5) is 0 Å². The molecule has 1 atom stereocenters. The number of allylic oxidation sites excluding steroid dienone is 3. The lowest BCUT2D eigenvalue weighted by Gasteiger charge is -2.13. The second-order valence-corrected chi connectivity index (χ2v) is 5.18.